The Hall–Kier alpha value is -2.38. The summed E-state index contributed by atoms with van der Waals surface area (Å²) < 4.78 is 0. The van der Waals surface area contributed by atoms with E-state index in [-0.39, 0.29) is 6.42 Å². The Morgan fingerprint density at radius 2 is 1.27 bits per heavy atom. The predicted molar refractivity (Wildman–Crippen MR) is 74.4 cm³/mol. The standard InChI is InChI=1S/C14H20O8/c1-2-3-4-5-6-7-8-9(10(15)16)14(11(17)18,12(19)20)13(21)22/h8H,2-7H2,1H3,(H,15,16)(H,17,18)(H,19,20)(H,21,22). The topological polar surface area (TPSA) is 149 Å². The van der Waals surface area contributed by atoms with Crippen LogP contribution in [0.4, 0.5) is 0 Å². The van der Waals surface area contributed by atoms with Crippen molar-refractivity contribution in [1.29, 1.82) is 0 Å². The van der Waals surface area contributed by atoms with Crippen LogP contribution in [0.1, 0.15) is 45.4 Å². The van der Waals surface area contributed by atoms with Gasteiger partial charge in [0, 0.05) is 0 Å². The maximum Gasteiger partial charge on any atom is 0.337 e. The van der Waals surface area contributed by atoms with Crippen molar-refractivity contribution in [3.05, 3.63) is 11.6 Å². The second-order valence-electron chi connectivity index (χ2n) is 4.79. The molecule has 0 spiro atoms. The van der Waals surface area contributed by atoms with Gasteiger partial charge < -0.3 is 20.4 Å². The fourth-order valence-corrected chi connectivity index (χ4v) is 2.02. The van der Waals surface area contributed by atoms with E-state index < -0.39 is 34.9 Å². The average Bonchev–Trinajstić information content (AvgIpc) is 2.39. The maximum absolute atomic E-state index is 11.2. The number of carboxylic acids is 4. The van der Waals surface area contributed by atoms with Gasteiger partial charge in [-0.2, -0.15) is 0 Å². The molecule has 0 aliphatic heterocycles. The highest BCUT2D eigenvalue weighted by Gasteiger charge is 2.60. The zero-order valence-corrected chi connectivity index (χ0v) is 12.2. The largest absolute Gasteiger partial charge is 0.480 e. The van der Waals surface area contributed by atoms with E-state index in [0.29, 0.717) is 6.42 Å². The molecule has 0 amide bonds. The van der Waals surface area contributed by atoms with E-state index in [0.717, 1.165) is 31.8 Å². The first kappa shape index (κ1) is 19.6. The van der Waals surface area contributed by atoms with Gasteiger partial charge in [0.05, 0.1) is 5.57 Å². The molecule has 0 saturated heterocycles. The Morgan fingerprint density at radius 3 is 1.64 bits per heavy atom. The molecule has 0 aromatic carbocycles. The molecular formula is C14H20O8. The van der Waals surface area contributed by atoms with Gasteiger partial charge in [-0.25, -0.2) is 19.2 Å². The minimum atomic E-state index is -3.50. The van der Waals surface area contributed by atoms with Gasteiger partial charge in [-0.3, -0.25) is 0 Å². The SMILES string of the molecule is CCCCCCCC=C(C(=O)O)C(C(=O)O)(C(=O)O)C(=O)O. The van der Waals surface area contributed by atoms with E-state index in [1.165, 1.54) is 0 Å². The van der Waals surface area contributed by atoms with Crippen molar-refractivity contribution in [3.8, 4) is 0 Å². The summed E-state index contributed by atoms with van der Waals surface area (Å²) in [6.07, 6.45) is 5.18. The molecule has 0 atom stereocenters. The average molecular weight is 316 g/mol. The first-order valence-corrected chi connectivity index (χ1v) is 6.86. The molecule has 0 bridgehead atoms. The van der Waals surface area contributed by atoms with Crippen LogP contribution in [-0.4, -0.2) is 44.3 Å². The highest BCUT2D eigenvalue weighted by molar-refractivity contribution is 6.24. The molecule has 0 heterocycles. The van der Waals surface area contributed by atoms with Crippen molar-refractivity contribution >= 4 is 23.9 Å². The van der Waals surface area contributed by atoms with Crippen LogP contribution in [-0.2, 0) is 19.2 Å². The molecular weight excluding hydrogens is 296 g/mol. The van der Waals surface area contributed by atoms with Crippen molar-refractivity contribution in [2.45, 2.75) is 45.4 Å². The second-order valence-corrected chi connectivity index (χ2v) is 4.79. The molecule has 0 aromatic rings. The number of aliphatic carboxylic acids is 4. The molecule has 0 saturated carbocycles. The third kappa shape index (κ3) is 4.31. The van der Waals surface area contributed by atoms with Crippen molar-refractivity contribution in [2.24, 2.45) is 5.41 Å². The van der Waals surface area contributed by atoms with E-state index in [4.69, 9.17) is 20.4 Å². The smallest absolute Gasteiger partial charge is 0.337 e. The second kappa shape index (κ2) is 8.81. The minimum Gasteiger partial charge on any atom is -0.480 e. The van der Waals surface area contributed by atoms with E-state index in [1.54, 1.807) is 0 Å². The lowest BCUT2D eigenvalue weighted by Crippen LogP contribution is -2.49. The van der Waals surface area contributed by atoms with Gasteiger partial charge in [-0.05, 0) is 12.8 Å². The van der Waals surface area contributed by atoms with Crippen molar-refractivity contribution < 1.29 is 39.6 Å². The quantitative estimate of drug-likeness (QED) is 0.255. The molecule has 0 aliphatic rings. The van der Waals surface area contributed by atoms with Gasteiger partial charge in [0.2, 0.25) is 0 Å². The summed E-state index contributed by atoms with van der Waals surface area (Å²) in [7, 11) is 0. The Labute approximate surface area is 127 Å². The first-order chi connectivity index (χ1) is 10.2. The minimum absolute atomic E-state index is 0.0982. The lowest BCUT2D eigenvalue weighted by atomic mass is 9.79. The molecule has 22 heavy (non-hydrogen) atoms. The Balaban J connectivity index is 5.41. The Bertz CT molecular complexity index is 441. The monoisotopic (exact) mass is 316 g/mol. The van der Waals surface area contributed by atoms with Gasteiger partial charge >= 0.3 is 23.9 Å². The van der Waals surface area contributed by atoms with Crippen LogP contribution >= 0.6 is 0 Å². The highest BCUT2D eigenvalue weighted by atomic mass is 16.4. The fourth-order valence-electron chi connectivity index (χ4n) is 2.02. The number of carbonyl (C=O) groups is 4. The van der Waals surface area contributed by atoms with Crippen molar-refractivity contribution in [2.75, 3.05) is 0 Å². The molecule has 0 fully saturated rings. The van der Waals surface area contributed by atoms with Crippen LogP contribution in [0.2, 0.25) is 0 Å². The number of rotatable bonds is 11. The van der Waals surface area contributed by atoms with Gasteiger partial charge in [-0.1, -0.05) is 38.7 Å². The van der Waals surface area contributed by atoms with Crippen LogP contribution < -0.4 is 0 Å². The summed E-state index contributed by atoms with van der Waals surface area (Å²) in [5.41, 5.74) is -4.66. The zero-order chi connectivity index (χ0) is 17.3. The molecule has 124 valence electrons. The van der Waals surface area contributed by atoms with Gasteiger partial charge in [0.1, 0.15) is 0 Å². The Morgan fingerprint density at radius 1 is 0.818 bits per heavy atom. The summed E-state index contributed by atoms with van der Waals surface area (Å²) in [6.45, 7) is 2.02. The number of hydrogen-bond acceptors (Lipinski definition) is 4. The van der Waals surface area contributed by atoms with Crippen LogP contribution in [0.3, 0.4) is 0 Å². The van der Waals surface area contributed by atoms with E-state index >= 15 is 0 Å². The van der Waals surface area contributed by atoms with Crippen molar-refractivity contribution in [1.82, 2.24) is 0 Å². The molecule has 0 aliphatic carbocycles. The summed E-state index contributed by atoms with van der Waals surface area (Å²) >= 11 is 0. The zero-order valence-electron chi connectivity index (χ0n) is 12.2. The highest BCUT2D eigenvalue weighted by Crippen LogP contribution is 2.30. The summed E-state index contributed by atoms with van der Waals surface area (Å²) in [6, 6.07) is 0. The third-order valence-electron chi connectivity index (χ3n) is 3.25. The summed E-state index contributed by atoms with van der Waals surface area (Å²) in [5.74, 6) is -8.60. The van der Waals surface area contributed by atoms with Crippen LogP contribution in [0.5, 0.6) is 0 Å². The van der Waals surface area contributed by atoms with Crippen LogP contribution in [0.25, 0.3) is 0 Å². The van der Waals surface area contributed by atoms with Gasteiger partial charge in [0.25, 0.3) is 5.41 Å². The normalized spacial score (nSPS) is 12.0. The molecule has 8 heteroatoms. The lowest BCUT2D eigenvalue weighted by Gasteiger charge is -2.20. The van der Waals surface area contributed by atoms with Gasteiger partial charge in [-0.15, -0.1) is 0 Å². The summed E-state index contributed by atoms with van der Waals surface area (Å²) in [4.78, 5) is 44.6. The molecule has 0 radical (unpaired) electrons. The van der Waals surface area contributed by atoms with E-state index in [9.17, 15) is 19.2 Å². The third-order valence-corrected chi connectivity index (χ3v) is 3.25. The number of carboxylic acid groups (broad SMARTS) is 4. The Kier molecular flexibility index (Phi) is 7.85. The lowest BCUT2D eigenvalue weighted by molar-refractivity contribution is -0.174. The maximum atomic E-state index is 11.2. The fraction of sp³-hybridized carbons (Fsp3) is 0.571. The number of unbranched alkanes of at least 4 members (excludes halogenated alkanes) is 5. The molecule has 4 N–H and O–H groups in total. The molecule has 0 unspecified atom stereocenters. The van der Waals surface area contributed by atoms with Crippen molar-refractivity contribution in [3.63, 3.8) is 0 Å². The van der Waals surface area contributed by atoms with Gasteiger partial charge in [0.15, 0.2) is 0 Å². The van der Waals surface area contributed by atoms with Crippen LogP contribution in [0.15, 0.2) is 11.6 Å². The number of hydrogen-bond donors (Lipinski definition) is 4. The van der Waals surface area contributed by atoms with Crippen LogP contribution in [0, 0.1) is 5.41 Å². The molecule has 8 nitrogen and oxygen atoms in total. The number of allylic oxidation sites excluding steroid dienone is 1. The van der Waals surface area contributed by atoms with E-state index in [1.807, 2.05) is 6.92 Å². The predicted octanol–water partition coefficient (Wildman–Crippen LogP) is 1.60. The summed E-state index contributed by atoms with van der Waals surface area (Å²) in [5, 5.41) is 36.0. The molecule has 0 aromatic heterocycles. The molecule has 0 rings (SSSR count). The first-order valence-electron chi connectivity index (χ1n) is 6.86. The van der Waals surface area contributed by atoms with E-state index in [2.05, 4.69) is 0 Å².